The van der Waals surface area contributed by atoms with Crippen molar-refractivity contribution < 1.29 is 86.2 Å². The van der Waals surface area contributed by atoms with Crippen LogP contribution in [-0.4, -0.2) is 241 Å². The Morgan fingerprint density at radius 2 is 1.24 bits per heavy atom. The zero-order valence-corrected chi connectivity index (χ0v) is 58.4. The van der Waals surface area contributed by atoms with Gasteiger partial charge in [0.05, 0.1) is 108 Å². The number of carbonyl (C=O) groups is 10. The highest BCUT2D eigenvalue weighted by molar-refractivity contribution is 5.94. The van der Waals surface area contributed by atoms with E-state index in [0.29, 0.717) is 77.4 Å². The summed E-state index contributed by atoms with van der Waals surface area (Å²) in [5.41, 5.74) is 6.44. The van der Waals surface area contributed by atoms with Gasteiger partial charge in [-0.05, 0) is 55.1 Å². The van der Waals surface area contributed by atoms with Crippen LogP contribution in [0, 0.1) is 23.7 Å². The molecule has 0 radical (unpaired) electrons. The molecule has 1 fully saturated rings. The molecule has 28 heteroatoms. The standard InChI is InChI=1S/C68H110N10O18/c1-13-46(6)62(53(90-11)39-58(83)78-29-20-26-52(78)64(91-12)47(7)65(86)73-48(8)63(85)50-24-18-15-19-25-50)77(10)68(89)60(44(2)3)75-67(88)61(45(4)5)76(9)59(84)42-96-43-72-56(81)40-71-66(87)51(38-49-22-16-14-17-23-49)74-57(82)41-70-55(80)27-21-30-92-32-34-94-36-37-95-35-33-93-31-28-54(69)79/h14-19,22-25,44-48,51-53,60-64,85H,13,20-21,26-43H2,1-12H3,(H2,69,79)(H,70,80)(H,71,87)(H,72,81)(H,73,86)(H,74,82)(H,75,88)/t46-,47+,48+,51-,52-,53+,60-,61-,62-,63+,64+/m0/s1. The van der Waals surface area contributed by atoms with E-state index in [-0.39, 0.29) is 56.6 Å². The Morgan fingerprint density at radius 3 is 1.81 bits per heavy atom. The molecule has 0 aliphatic carbocycles. The normalized spacial score (nSPS) is 16.2. The second-order valence-corrected chi connectivity index (χ2v) is 24.8. The number of hydrogen-bond acceptors (Lipinski definition) is 18. The number of hydrogen-bond donors (Lipinski definition) is 8. The molecular weight excluding hydrogens is 1240 g/mol. The van der Waals surface area contributed by atoms with Crippen LogP contribution in [0.5, 0.6) is 0 Å². The number of carbonyl (C=O) groups excluding carboxylic acids is 10. The maximum Gasteiger partial charge on any atom is 0.249 e. The van der Waals surface area contributed by atoms with Crippen molar-refractivity contribution in [1.82, 2.24) is 46.6 Å². The zero-order valence-electron chi connectivity index (χ0n) is 58.4. The van der Waals surface area contributed by atoms with E-state index >= 15 is 0 Å². The number of nitrogens with zero attached hydrogens (tertiary/aromatic N) is 3. The van der Waals surface area contributed by atoms with E-state index in [0.717, 1.165) is 5.56 Å². The van der Waals surface area contributed by atoms with Crippen LogP contribution in [0.2, 0.25) is 0 Å². The third-order valence-corrected chi connectivity index (χ3v) is 16.9. The van der Waals surface area contributed by atoms with Gasteiger partial charge in [-0.2, -0.15) is 0 Å². The van der Waals surface area contributed by atoms with Crippen LogP contribution in [0.1, 0.15) is 118 Å². The van der Waals surface area contributed by atoms with Gasteiger partial charge >= 0.3 is 0 Å². The molecule has 2 aromatic carbocycles. The third kappa shape index (κ3) is 29.3. The van der Waals surface area contributed by atoms with E-state index in [9.17, 15) is 53.1 Å². The summed E-state index contributed by atoms with van der Waals surface area (Å²) in [7, 11) is 6.07. The highest BCUT2D eigenvalue weighted by Gasteiger charge is 2.44. The van der Waals surface area contributed by atoms with Crippen molar-refractivity contribution >= 4 is 59.1 Å². The van der Waals surface area contributed by atoms with Gasteiger partial charge in [0.15, 0.2) is 0 Å². The highest BCUT2D eigenvalue weighted by atomic mass is 16.6. The first kappa shape index (κ1) is 83.0. The molecule has 28 nitrogen and oxygen atoms in total. The van der Waals surface area contributed by atoms with Crippen molar-refractivity contribution in [2.24, 2.45) is 29.4 Å². The molecule has 9 N–H and O–H groups in total. The van der Waals surface area contributed by atoms with Crippen molar-refractivity contribution in [3.8, 4) is 0 Å². The van der Waals surface area contributed by atoms with Crippen molar-refractivity contribution in [2.75, 3.05) is 114 Å². The van der Waals surface area contributed by atoms with E-state index in [4.69, 9.17) is 38.9 Å². The Balaban J connectivity index is 1.51. The van der Waals surface area contributed by atoms with Crippen molar-refractivity contribution in [2.45, 2.75) is 161 Å². The number of aliphatic hydroxyl groups is 1. The second-order valence-electron chi connectivity index (χ2n) is 24.8. The van der Waals surface area contributed by atoms with Gasteiger partial charge in [0.2, 0.25) is 59.1 Å². The van der Waals surface area contributed by atoms with Crippen molar-refractivity contribution in [1.29, 1.82) is 0 Å². The number of ether oxygens (including phenoxy) is 7. The molecule has 0 spiro atoms. The smallest absolute Gasteiger partial charge is 0.249 e. The summed E-state index contributed by atoms with van der Waals surface area (Å²) in [4.78, 5) is 138. The quantitative estimate of drug-likeness (QED) is 0.0344. The monoisotopic (exact) mass is 1350 g/mol. The van der Waals surface area contributed by atoms with E-state index in [2.05, 4.69) is 31.9 Å². The van der Waals surface area contributed by atoms with Crippen LogP contribution in [0.15, 0.2) is 60.7 Å². The Bertz CT molecular complexity index is 2700. The van der Waals surface area contributed by atoms with E-state index in [1.54, 1.807) is 96.0 Å². The lowest BCUT2D eigenvalue weighted by Crippen LogP contribution is -2.60. The van der Waals surface area contributed by atoms with Gasteiger partial charge in [-0.3, -0.25) is 47.9 Å². The molecule has 540 valence electrons. The summed E-state index contributed by atoms with van der Waals surface area (Å²) >= 11 is 0. The van der Waals surface area contributed by atoms with Gasteiger partial charge in [-0.1, -0.05) is 116 Å². The molecule has 0 unspecified atom stereocenters. The minimum Gasteiger partial charge on any atom is -0.386 e. The molecule has 0 aromatic heterocycles. The fraction of sp³-hybridized carbons (Fsp3) is 0.676. The highest BCUT2D eigenvalue weighted by Crippen LogP contribution is 2.30. The minimum absolute atomic E-state index is 0.0699. The van der Waals surface area contributed by atoms with Crippen molar-refractivity contribution in [3.63, 3.8) is 0 Å². The third-order valence-electron chi connectivity index (χ3n) is 16.9. The fourth-order valence-electron chi connectivity index (χ4n) is 11.3. The molecule has 1 heterocycles. The van der Waals surface area contributed by atoms with Gasteiger partial charge in [0, 0.05) is 60.7 Å². The number of likely N-dealkylation sites (tertiary alicyclic amines) is 1. The first-order valence-corrected chi connectivity index (χ1v) is 33.3. The molecule has 1 aliphatic heterocycles. The predicted octanol–water partition coefficient (Wildman–Crippen LogP) is 1.54. The Kier molecular flexibility index (Phi) is 39.2. The van der Waals surface area contributed by atoms with Crippen LogP contribution in [0.25, 0.3) is 0 Å². The summed E-state index contributed by atoms with van der Waals surface area (Å²) in [5.74, 6) is -6.75. The number of primary amides is 1. The first-order chi connectivity index (χ1) is 45.8. The minimum atomic E-state index is -1.12. The van der Waals surface area contributed by atoms with E-state index in [1.165, 1.54) is 31.1 Å². The van der Waals surface area contributed by atoms with Gasteiger partial charge in [0.25, 0.3) is 0 Å². The molecule has 96 heavy (non-hydrogen) atoms. The van der Waals surface area contributed by atoms with Crippen LogP contribution in [-0.2, 0) is 87.5 Å². The van der Waals surface area contributed by atoms with E-state index in [1.807, 2.05) is 32.0 Å². The predicted molar refractivity (Wildman–Crippen MR) is 357 cm³/mol. The number of nitrogens with one attached hydrogen (secondary N) is 6. The molecule has 2 aromatic rings. The van der Waals surface area contributed by atoms with Gasteiger partial charge < -0.3 is 90.6 Å². The van der Waals surface area contributed by atoms with Crippen LogP contribution >= 0.6 is 0 Å². The average Bonchev–Trinajstić information content (AvgIpc) is 1.31. The second kappa shape index (κ2) is 45.3. The number of methoxy groups -OCH3 is 2. The number of aliphatic hydroxyl groups excluding tert-OH is 1. The van der Waals surface area contributed by atoms with Crippen molar-refractivity contribution in [3.05, 3.63) is 71.8 Å². The molecule has 3 rings (SSSR count). The van der Waals surface area contributed by atoms with Gasteiger partial charge in [-0.15, -0.1) is 0 Å². The number of benzene rings is 2. The summed E-state index contributed by atoms with van der Waals surface area (Å²) in [6.45, 7) is 15.5. The Hall–Kier alpha value is -7.18. The zero-order chi connectivity index (χ0) is 71.3. The lowest BCUT2D eigenvalue weighted by atomic mass is 9.89. The number of likely N-dealkylation sites (N-methyl/N-ethyl adjacent to an activating group) is 2. The maximum absolute atomic E-state index is 14.8. The molecular formula is C68H110N10O18. The molecule has 1 aliphatic rings. The number of rotatable bonds is 48. The fourth-order valence-corrected chi connectivity index (χ4v) is 11.3. The van der Waals surface area contributed by atoms with Crippen LogP contribution in [0.4, 0.5) is 0 Å². The molecule has 10 amide bonds. The van der Waals surface area contributed by atoms with Crippen LogP contribution in [0.3, 0.4) is 0 Å². The molecule has 1 saturated heterocycles. The Labute approximate surface area is 566 Å². The Morgan fingerprint density at radius 1 is 0.646 bits per heavy atom. The summed E-state index contributed by atoms with van der Waals surface area (Å²) in [6, 6.07) is 13.0. The van der Waals surface area contributed by atoms with Crippen LogP contribution < -0.4 is 37.6 Å². The molecule has 0 bridgehead atoms. The molecule has 0 saturated carbocycles. The van der Waals surface area contributed by atoms with Gasteiger partial charge in [0.1, 0.15) is 31.5 Å². The first-order valence-electron chi connectivity index (χ1n) is 33.3. The maximum atomic E-state index is 14.8. The number of amides is 10. The summed E-state index contributed by atoms with van der Waals surface area (Å²) in [6.07, 6.45) is 0.0896. The molecule has 11 atom stereocenters. The summed E-state index contributed by atoms with van der Waals surface area (Å²) in [5, 5.41) is 27.0. The SMILES string of the molecule is CC[C@H](C)[C@@H]([C@@H](CC(=O)N1CCC[C@H]1[C@H](OC)[C@@H](C)C(=O)N[C@H](C)[C@@H](O)c1ccccc1)OC)N(C)C(=O)[C@@H](NC(=O)[C@H](C(C)C)N(C)C(=O)COCNC(=O)CNC(=O)[C@H](Cc1ccccc1)NC(=O)CNC(=O)CCCOCCOCCOCCOCCC(N)=O)C(C)C. The largest absolute Gasteiger partial charge is 0.386 e. The topological polar surface area (TPSA) is 363 Å². The number of nitrogens with two attached hydrogens (primary N) is 1. The lowest BCUT2D eigenvalue weighted by molar-refractivity contribution is -0.149. The van der Waals surface area contributed by atoms with Gasteiger partial charge in [-0.25, -0.2) is 0 Å². The average molecular weight is 1360 g/mol. The summed E-state index contributed by atoms with van der Waals surface area (Å²) < 4.78 is 39.1. The lowest BCUT2D eigenvalue weighted by Gasteiger charge is -2.41. The van der Waals surface area contributed by atoms with E-state index < -0.39 is 146 Å².